The van der Waals surface area contributed by atoms with E-state index in [2.05, 4.69) is 24.9 Å². The fraction of sp³-hybridized carbons (Fsp3) is 0.261. The maximum atomic E-state index is 13.5. The first-order chi connectivity index (χ1) is 14.0. The lowest BCUT2D eigenvalue weighted by atomic mass is 10.0. The Bertz CT molecular complexity index is 1150. The average molecular weight is 406 g/mol. The van der Waals surface area contributed by atoms with E-state index in [1.165, 1.54) is 6.07 Å². The molecule has 0 atom stereocenters. The van der Waals surface area contributed by atoms with Gasteiger partial charge in [0.2, 0.25) is 5.56 Å². The van der Waals surface area contributed by atoms with Crippen LogP contribution < -0.4 is 5.56 Å². The third-order valence-corrected chi connectivity index (χ3v) is 6.05. The van der Waals surface area contributed by atoms with Crippen LogP contribution in [0.25, 0.3) is 10.9 Å². The van der Waals surface area contributed by atoms with Crippen LogP contribution in [0.5, 0.6) is 0 Å². The SMILES string of the molecule is CC(C)c1ccccc1N=C1SCCCN1C(=O)c1cc(=O)[nH]c2ccccc12. The second-order valence-electron chi connectivity index (χ2n) is 7.36. The number of thioether (sulfide) groups is 1. The first-order valence-corrected chi connectivity index (χ1v) is 10.8. The summed E-state index contributed by atoms with van der Waals surface area (Å²) in [5, 5.41) is 1.44. The number of hydrogen-bond donors (Lipinski definition) is 1. The fourth-order valence-corrected chi connectivity index (χ4v) is 4.50. The minimum Gasteiger partial charge on any atom is -0.322 e. The number of aromatic amines is 1. The average Bonchev–Trinajstić information content (AvgIpc) is 2.73. The zero-order chi connectivity index (χ0) is 20.4. The molecule has 0 bridgehead atoms. The molecule has 0 radical (unpaired) electrons. The highest BCUT2D eigenvalue weighted by Crippen LogP contribution is 2.30. The number of rotatable bonds is 3. The van der Waals surface area contributed by atoms with Crippen LogP contribution in [0.15, 0.2) is 64.4 Å². The topological polar surface area (TPSA) is 65.5 Å². The van der Waals surface area contributed by atoms with Crippen molar-refractivity contribution in [3.05, 3.63) is 76.1 Å². The molecule has 2 aromatic carbocycles. The third-order valence-electron chi connectivity index (χ3n) is 4.99. The Balaban J connectivity index is 1.78. The molecule has 1 aromatic heterocycles. The Kier molecular flexibility index (Phi) is 5.53. The number of nitrogens with zero attached hydrogens (tertiary/aromatic N) is 2. The first-order valence-electron chi connectivity index (χ1n) is 9.79. The van der Waals surface area contributed by atoms with Gasteiger partial charge in [-0.25, -0.2) is 4.99 Å². The lowest BCUT2D eigenvalue weighted by Crippen LogP contribution is -2.39. The number of H-pyrrole nitrogens is 1. The summed E-state index contributed by atoms with van der Waals surface area (Å²) in [6, 6.07) is 16.8. The van der Waals surface area contributed by atoms with E-state index < -0.39 is 0 Å². The van der Waals surface area contributed by atoms with Crippen molar-refractivity contribution in [3.8, 4) is 0 Å². The molecule has 1 N–H and O–H groups in total. The number of pyridine rings is 1. The number of amides is 1. The number of carbonyl (C=O) groups excluding carboxylic acids is 1. The van der Waals surface area contributed by atoms with Gasteiger partial charge in [0.25, 0.3) is 5.91 Å². The molecule has 1 saturated heterocycles. The van der Waals surface area contributed by atoms with E-state index in [4.69, 9.17) is 4.99 Å². The van der Waals surface area contributed by atoms with Crippen molar-refractivity contribution in [2.75, 3.05) is 12.3 Å². The quantitative estimate of drug-likeness (QED) is 0.673. The Labute approximate surface area is 173 Å². The van der Waals surface area contributed by atoms with Gasteiger partial charge >= 0.3 is 0 Å². The Morgan fingerprint density at radius 1 is 1.14 bits per heavy atom. The number of nitrogens with one attached hydrogen (secondary N) is 1. The highest BCUT2D eigenvalue weighted by molar-refractivity contribution is 8.13. The zero-order valence-corrected chi connectivity index (χ0v) is 17.3. The summed E-state index contributed by atoms with van der Waals surface area (Å²) < 4.78 is 0. The normalized spacial score (nSPS) is 16.0. The van der Waals surface area contributed by atoms with Crippen molar-refractivity contribution >= 4 is 39.4 Å². The minimum absolute atomic E-state index is 0.180. The number of benzene rings is 2. The van der Waals surface area contributed by atoms with Crippen molar-refractivity contribution in [2.24, 2.45) is 4.99 Å². The smallest absolute Gasteiger partial charge is 0.260 e. The predicted molar refractivity (Wildman–Crippen MR) is 120 cm³/mol. The number of amidine groups is 1. The predicted octanol–water partition coefficient (Wildman–Crippen LogP) is 4.92. The first kappa shape index (κ1) is 19.5. The Morgan fingerprint density at radius 3 is 2.72 bits per heavy atom. The number of carbonyl (C=O) groups is 1. The molecule has 0 aliphatic carbocycles. The summed E-state index contributed by atoms with van der Waals surface area (Å²) in [5.74, 6) is 1.08. The van der Waals surface area contributed by atoms with Gasteiger partial charge in [0.05, 0.1) is 11.3 Å². The molecule has 1 aliphatic heterocycles. The highest BCUT2D eigenvalue weighted by atomic mass is 32.2. The summed E-state index contributed by atoms with van der Waals surface area (Å²) >= 11 is 1.59. The zero-order valence-electron chi connectivity index (χ0n) is 16.5. The van der Waals surface area contributed by atoms with Crippen molar-refractivity contribution in [2.45, 2.75) is 26.2 Å². The summed E-state index contributed by atoms with van der Waals surface area (Å²) in [5.41, 5.74) is 2.84. The maximum absolute atomic E-state index is 13.5. The van der Waals surface area contributed by atoms with Crippen molar-refractivity contribution < 1.29 is 4.79 Å². The van der Waals surface area contributed by atoms with Gasteiger partial charge in [0.1, 0.15) is 0 Å². The van der Waals surface area contributed by atoms with Crippen LogP contribution in [0.2, 0.25) is 0 Å². The fourth-order valence-electron chi connectivity index (χ4n) is 3.55. The van der Waals surface area contributed by atoms with E-state index in [1.807, 2.05) is 42.5 Å². The highest BCUT2D eigenvalue weighted by Gasteiger charge is 2.26. The summed E-state index contributed by atoms with van der Waals surface area (Å²) in [4.78, 5) is 35.0. The van der Waals surface area contributed by atoms with E-state index in [1.54, 1.807) is 16.7 Å². The second-order valence-corrected chi connectivity index (χ2v) is 8.42. The van der Waals surface area contributed by atoms with Gasteiger partial charge < -0.3 is 4.98 Å². The molecule has 148 valence electrons. The van der Waals surface area contributed by atoms with Crippen LogP contribution in [-0.4, -0.2) is 33.3 Å². The summed E-state index contributed by atoms with van der Waals surface area (Å²) in [6.45, 7) is 4.87. The van der Waals surface area contributed by atoms with Gasteiger partial charge in [0, 0.05) is 29.3 Å². The molecule has 2 heterocycles. The van der Waals surface area contributed by atoms with E-state index in [0.29, 0.717) is 28.7 Å². The Morgan fingerprint density at radius 2 is 1.90 bits per heavy atom. The second kappa shape index (κ2) is 8.25. The van der Waals surface area contributed by atoms with Gasteiger partial charge in [-0.2, -0.15) is 0 Å². The van der Waals surface area contributed by atoms with E-state index in [9.17, 15) is 9.59 Å². The van der Waals surface area contributed by atoms with Gasteiger partial charge in [-0.05, 0) is 30.0 Å². The van der Waals surface area contributed by atoms with Crippen molar-refractivity contribution in [1.29, 1.82) is 0 Å². The van der Waals surface area contributed by atoms with Crippen LogP contribution in [0.4, 0.5) is 5.69 Å². The Hall–Kier alpha value is -2.86. The number of fused-ring (bicyclic) bond motifs is 1. The number of para-hydroxylation sites is 2. The molecule has 6 heteroatoms. The monoisotopic (exact) mass is 405 g/mol. The number of hydrogen-bond acceptors (Lipinski definition) is 4. The lowest BCUT2D eigenvalue weighted by Gasteiger charge is -2.28. The molecule has 0 unspecified atom stereocenters. The van der Waals surface area contributed by atoms with Gasteiger partial charge in [-0.15, -0.1) is 0 Å². The van der Waals surface area contributed by atoms with Crippen molar-refractivity contribution in [1.82, 2.24) is 9.88 Å². The molecule has 0 spiro atoms. The van der Waals surface area contributed by atoms with E-state index in [-0.39, 0.29) is 11.5 Å². The van der Waals surface area contributed by atoms with E-state index in [0.717, 1.165) is 28.8 Å². The largest absolute Gasteiger partial charge is 0.322 e. The van der Waals surface area contributed by atoms with Gasteiger partial charge in [-0.3, -0.25) is 14.5 Å². The molecule has 1 aliphatic rings. The summed E-state index contributed by atoms with van der Waals surface area (Å²) in [7, 11) is 0. The van der Waals surface area contributed by atoms with Gasteiger partial charge in [-0.1, -0.05) is 62.0 Å². The van der Waals surface area contributed by atoms with Crippen molar-refractivity contribution in [3.63, 3.8) is 0 Å². The molecule has 1 fully saturated rings. The van der Waals surface area contributed by atoms with Crippen LogP contribution in [0.1, 0.15) is 42.1 Å². The summed E-state index contributed by atoms with van der Waals surface area (Å²) in [6.07, 6.45) is 0.891. The molecule has 0 saturated carbocycles. The van der Waals surface area contributed by atoms with Crippen LogP contribution in [-0.2, 0) is 0 Å². The third kappa shape index (κ3) is 3.98. The lowest BCUT2D eigenvalue weighted by molar-refractivity contribution is 0.0851. The number of aliphatic imine (C=N–C) groups is 1. The molecule has 4 rings (SSSR count). The molecule has 3 aromatic rings. The number of aromatic nitrogens is 1. The maximum Gasteiger partial charge on any atom is 0.260 e. The van der Waals surface area contributed by atoms with Crippen LogP contribution >= 0.6 is 11.8 Å². The van der Waals surface area contributed by atoms with Crippen LogP contribution in [0.3, 0.4) is 0 Å². The standard InChI is InChI=1S/C23H23N3O2S/c1-15(2)16-8-3-5-10-19(16)25-23-26(12-7-13-29-23)22(28)18-14-21(27)24-20-11-6-4-9-17(18)20/h3-6,8-11,14-15H,7,12-13H2,1-2H3,(H,24,27). The molecular formula is C23H23N3O2S. The van der Waals surface area contributed by atoms with Gasteiger partial charge in [0.15, 0.2) is 5.17 Å². The molecule has 5 nitrogen and oxygen atoms in total. The molecular weight excluding hydrogens is 382 g/mol. The van der Waals surface area contributed by atoms with Crippen LogP contribution in [0, 0.1) is 0 Å². The molecule has 29 heavy (non-hydrogen) atoms. The minimum atomic E-state index is -0.277. The molecule has 1 amide bonds. The van der Waals surface area contributed by atoms with E-state index >= 15 is 0 Å².